The largest absolute Gasteiger partial charge is 0.480 e. The molecule has 0 aliphatic rings. The fourth-order valence-corrected chi connectivity index (χ4v) is 7.48. The molecule has 6 aromatic rings. The monoisotopic (exact) mass is 921 g/mol. The molecule has 0 saturated heterocycles. The van der Waals surface area contributed by atoms with E-state index >= 15 is 0 Å². The standard InChI is InChI=1S/C47H63N13O7/c1-7-8-13-34-57-36-38(31-11-9-10-12-32(31)55-39(36)48)60(34)25-45(2,3)26-66-27-47(6,50)20-21-67-46(4,5)24-53-35(61)19-18-33(43(64)65)56-41(62)28-14-16-29(17-15-28)51-22-30-23-52-40-37(54-30)42(63)59-44(49)58-40/h9-12,14-17,23,33,51H,7-8,13,18-22,24-27,50H2,1-6H3,(H2,48,55)(H,53,61)(H,56,62)(H,64,65)(H3,49,52,58,59,63). The summed E-state index contributed by atoms with van der Waals surface area (Å²) in [7, 11) is 0. The van der Waals surface area contributed by atoms with Crippen LogP contribution in [-0.4, -0.2) is 101 Å². The molecule has 4 aromatic heterocycles. The van der Waals surface area contributed by atoms with Crippen molar-refractivity contribution in [2.24, 2.45) is 11.1 Å². The van der Waals surface area contributed by atoms with Crippen LogP contribution in [0.25, 0.3) is 33.1 Å². The number of imidazole rings is 1. The van der Waals surface area contributed by atoms with E-state index in [-0.39, 0.29) is 59.9 Å². The van der Waals surface area contributed by atoms with Crippen molar-refractivity contribution in [3.63, 3.8) is 0 Å². The molecule has 20 heteroatoms. The summed E-state index contributed by atoms with van der Waals surface area (Å²) in [5.74, 6) is -0.918. The van der Waals surface area contributed by atoms with Gasteiger partial charge in [0.2, 0.25) is 11.9 Å². The molecular formula is C47H63N13O7. The van der Waals surface area contributed by atoms with E-state index in [4.69, 9.17) is 31.7 Å². The number of para-hydroxylation sites is 1. The number of hydrogen-bond acceptors (Lipinski definition) is 15. The smallest absolute Gasteiger partial charge is 0.326 e. The van der Waals surface area contributed by atoms with Gasteiger partial charge in [-0.1, -0.05) is 45.4 Å². The zero-order chi connectivity index (χ0) is 48.5. The van der Waals surface area contributed by atoms with E-state index in [0.717, 1.165) is 47.0 Å². The number of carboxylic acids is 1. The molecule has 0 spiro atoms. The van der Waals surface area contributed by atoms with E-state index in [1.54, 1.807) is 12.1 Å². The van der Waals surface area contributed by atoms with Crippen LogP contribution in [0.15, 0.2) is 59.5 Å². The summed E-state index contributed by atoms with van der Waals surface area (Å²) in [6.07, 6.45) is 4.57. The minimum atomic E-state index is -1.30. The molecule has 2 unspecified atom stereocenters. The molecule has 0 radical (unpaired) electrons. The van der Waals surface area contributed by atoms with Gasteiger partial charge in [0.05, 0.1) is 48.3 Å². The number of aliphatic carboxylic acids is 1. The number of carbonyl (C=O) groups excluding carboxylic acids is 2. The normalized spacial score (nSPS) is 13.4. The molecule has 0 aliphatic carbocycles. The second-order valence-electron chi connectivity index (χ2n) is 18.7. The highest BCUT2D eigenvalue weighted by Gasteiger charge is 2.29. The summed E-state index contributed by atoms with van der Waals surface area (Å²) in [6.45, 7) is 14.2. The minimum Gasteiger partial charge on any atom is -0.480 e. The summed E-state index contributed by atoms with van der Waals surface area (Å²) < 4.78 is 14.7. The molecule has 0 fully saturated rings. The van der Waals surface area contributed by atoms with E-state index in [0.29, 0.717) is 50.0 Å². The number of nitrogen functional groups attached to an aromatic ring is 2. The molecule has 2 amide bonds. The van der Waals surface area contributed by atoms with Gasteiger partial charge in [0, 0.05) is 60.1 Å². The first-order chi connectivity index (χ1) is 31.7. The van der Waals surface area contributed by atoms with Gasteiger partial charge in [-0.05, 0) is 70.4 Å². The number of pyridine rings is 1. The molecule has 6 rings (SSSR count). The molecule has 0 saturated carbocycles. The van der Waals surface area contributed by atoms with Crippen molar-refractivity contribution in [3.05, 3.63) is 82.2 Å². The molecular weight excluding hydrogens is 859 g/mol. The van der Waals surface area contributed by atoms with Crippen LogP contribution in [-0.2, 0) is 38.6 Å². The Labute approximate surface area is 388 Å². The SMILES string of the molecule is CCCCc1nc2c(N)nc3ccccc3c2n1CC(C)(C)COCC(C)(N)CCOC(C)(C)CNC(=O)CCC(NC(=O)c1ccc(NCc2cnc3nc(N)[nH]c(=O)c3n2)cc1)C(=O)O. The molecule has 2 aromatic carbocycles. The number of hydrogen-bond donors (Lipinski definition) is 8. The van der Waals surface area contributed by atoms with Crippen molar-refractivity contribution in [1.29, 1.82) is 0 Å². The Morgan fingerprint density at radius 1 is 0.955 bits per heavy atom. The number of carbonyl (C=O) groups is 3. The average molecular weight is 922 g/mol. The molecule has 2 atom stereocenters. The van der Waals surface area contributed by atoms with Crippen molar-refractivity contribution in [2.45, 2.75) is 110 Å². The lowest BCUT2D eigenvalue weighted by Crippen LogP contribution is -2.46. The van der Waals surface area contributed by atoms with Gasteiger partial charge >= 0.3 is 5.97 Å². The third kappa shape index (κ3) is 13.4. The zero-order valence-electron chi connectivity index (χ0n) is 39.1. The number of aryl methyl sites for hydroxylation is 1. The van der Waals surface area contributed by atoms with Crippen molar-refractivity contribution < 1.29 is 29.0 Å². The molecule has 0 bridgehead atoms. The maximum atomic E-state index is 13.0. The number of aromatic nitrogens is 7. The van der Waals surface area contributed by atoms with Gasteiger partial charge in [-0.25, -0.2) is 24.7 Å². The Morgan fingerprint density at radius 3 is 2.43 bits per heavy atom. The Morgan fingerprint density at radius 2 is 1.70 bits per heavy atom. The van der Waals surface area contributed by atoms with Gasteiger partial charge in [0.1, 0.15) is 17.4 Å². The van der Waals surface area contributed by atoms with Gasteiger partial charge in [0.15, 0.2) is 17.0 Å². The summed E-state index contributed by atoms with van der Waals surface area (Å²) in [4.78, 5) is 74.4. The van der Waals surface area contributed by atoms with Crippen LogP contribution in [0.3, 0.4) is 0 Å². The van der Waals surface area contributed by atoms with Crippen LogP contribution in [0.1, 0.15) is 95.5 Å². The summed E-state index contributed by atoms with van der Waals surface area (Å²) >= 11 is 0. The molecule has 0 aliphatic heterocycles. The van der Waals surface area contributed by atoms with Crippen molar-refractivity contribution in [1.82, 2.24) is 45.1 Å². The number of fused-ring (bicyclic) bond motifs is 4. The van der Waals surface area contributed by atoms with Crippen LogP contribution in [0.2, 0.25) is 0 Å². The van der Waals surface area contributed by atoms with Crippen LogP contribution >= 0.6 is 0 Å². The Hall–Kier alpha value is -6.77. The molecule has 20 nitrogen and oxygen atoms in total. The average Bonchev–Trinajstić information content (AvgIpc) is 3.63. The number of nitrogens with zero attached hydrogens (tertiary/aromatic N) is 6. The third-order valence-electron chi connectivity index (χ3n) is 11.2. The molecule has 358 valence electrons. The maximum absolute atomic E-state index is 13.0. The topological polar surface area (TPSA) is 306 Å². The first-order valence-electron chi connectivity index (χ1n) is 22.4. The van der Waals surface area contributed by atoms with E-state index < -0.39 is 34.6 Å². The highest BCUT2D eigenvalue weighted by atomic mass is 16.5. The van der Waals surface area contributed by atoms with Gasteiger partial charge in [-0.3, -0.25) is 19.4 Å². The first-order valence-corrected chi connectivity index (χ1v) is 22.4. The number of unbranched alkanes of at least 4 members (excludes halogenated alkanes) is 1. The van der Waals surface area contributed by atoms with E-state index in [1.165, 1.54) is 18.3 Å². The quantitative estimate of drug-likeness (QED) is 0.0416. The van der Waals surface area contributed by atoms with Crippen molar-refractivity contribution in [3.8, 4) is 0 Å². The minimum absolute atomic E-state index is 0.0528. The van der Waals surface area contributed by atoms with Crippen LogP contribution in [0, 0.1) is 5.41 Å². The first kappa shape index (κ1) is 49.7. The van der Waals surface area contributed by atoms with Crippen molar-refractivity contribution in [2.75, 3.05) is 43.1 Å². The highest BCUT2D eigenvalue weighted by molar-refractivity contribution is 6.06. The lowest BCUT2D eigenvalue weighted by molar-refractivity contribution is -0.139. The Balaban J connectivity index is 0.910. The van der Waals surface area contributed by atoms with Gasteiger partial charge in [-0.15, -0.1) is 0 Å². The molecule has 11 N–H and O–H groups in total. The summed E-state index contributed by atoms with van der Waals surface area (Å²) in [5.41, 5.74) is 20.5. The predicted octanol–water partition coefficient (Wildman–Crippen LogP) is 4.46. The van der Waals surface area contributed by atoms with E-state index in [2.05, 4.69) is 72.3 Å². The van der Waals surface area contributed by atoms with Gasteiger partial charge in [-0.2, -0.15) is 4.98 Å². The number of rotatable bonds is 24. The Kier molecular flexibility index (Phi) is 15.7. The highest BCUT2D eigenvalue weighted by Crippen LogP contribution is 2.32. The lowest BCUT2D eigenvalue weighted by atomic mass is 9.94. The number of amides is 2. The predicted molar refractivity (Wildman–Crippen MR) is 257 cm³/mol. The van der Waals surface area contributed by atoms with Gasteiger partial charge < -0.3 is 52.3 Å². The fourth-order valence-electron chi connectivity index (χ4n) is 7.48. The second kappa shape index (κ2) is 21.2. The third-order valence-corrected chi connectivity index (χ3v) is 11.2. The number of ether oxygens (including phenoxy) is 2. The maximum Gasteiger partial charge on any atom is 0.326 e. The molecule has 67 heavy (non-hydrogen) atoms. The summed E-state index contributed by atoms with van der Waals surface area (Å²) in [6, 6.07) is 13.0. The molecule has 4 heterocycles. The second-order valence-corrected chi connectivity index (χ2v) is 18.7. The number of anilines is 3. The van der Waals surface area contributed by atoms with Gasteiger partial charge in [0.25, 0.3) is 11.5 Å². The zero-order valence-corrected chi connectivity index (χ0v) is 39.1. The lowest BCUT2D eigenvalue weighted by Gasteiger charge is -2.31. The number of aromatic amines is 1. The van der Waals surface area contributed by atoms with Crippen LogP contribution in [0.4, 0.5) is 17.5 Å². The fraction of sp³-hybridized carbons (Fsp3) is 0.468. The van der Waals surface area contributed by atoms with Crippen molar-refractivity contribution >= 4 is 68.3 Å². The Bertz CT molecular complexity index is 2770. The number of nitrogens with one attached hydrogen (secondary N) is 4. The van der Waals surface area contributed by atoms with E-state index in [9.17, 15) is 24.3 Å². The number of benzene rings is 2. The summed E-state index contributed by atoms with van der Waals surface area (Å²) in [5, 5.41) is 19.3. The van der Waals surface area contributed by atoms with E-state index in [1.807, 2.05) is 39.0 Å². The van der Waals surface area contributed by atoms with Crippen LogP contribution < -0.4 is 38.7 Å². The van der Waals surface area contributed by atoms with Crippen LogP contribution in [0.5, 0.6) is 0 Å². The number of carboxylic acid groups (broad SMARTS) is 1. The number of H-pyrrole nitrogens is 1. The number of nitrogens with two attached hydrogens (primary N) is 3.